The number of dihydropyridines is 1. The molecular formula is C21H24N2. The Morgan fingerprint density at radius 3 is 2.39 bits per heavy atom. The molecule has 1 aromatic rings. The van der Waals surface area contributed by atoms with E-state index in [1.54, 1.807) is 0 Å². The second-order valence-corrected chi connectivity index (χ2v) is 6.59. The summed E-state index contributed by atoms with van der Waals surface area (Å²) in [4.78, 5) is 9.84. The molecule has 0 saturated carbocycles. The van der Waals surface area contributed by atoms with E-state index in [2.05, 4.69) is 46.8 Å². The molecule has 0 fully saturated rings. The first-order valence-corrected chi connectivity index (χ1v) is 8.27. The van der Waals surface area contributed by atoms with Gasteiger partial charge in [-0.1, -0.05) is 25.1 Å². The minimum Gasteiger partial charge on any atom is -0.274 e. The molecule has 0 amide bonds. The molecule has 2 aliphatic rings. The molecule has 0 spiro atoms. The van der Waals surface area contributed by atoms with Crippen LogP contribution in [0.15, 0.2) is 74.8 Å². The molecule has 3 rings (SSSR count). The van der Waals surface area contributed by atoms with Crippen molar-refractivity contribution >= 4 is 17.1 Å². The zero-order valence-electron chi connectivity index (χ0n) is 14.6. The molecule has 1 aromatic carbocycles. The summed E-state index contributed by atoms with van der Waals surface area (Å²) in [5.41, 5.74) is 8.11. The van der Waals surface area contributed by atoms with Crippen LogP contribution in [0.25, 0.3) is 0 Å². The Kier molecular flexibility index (Phi) is 3.93. The van der Waals surface area contributed by atoms with Crippen molar-refractivity contribution in [3.63, 3.8) is 0 Å². The van der Waals surface area contributed by atoms with Gasteiger partial charge in [-0.05, 0) is 75.1 Å². The molecule has 1 aliphatic carbocycles. The Balaban J connectivity index is 2.09. The third kappa shape index (κ3) is 2.74. The lowest BCUT2D eigenvalue weighted by Crippen LogP contribution is -2.31. The number of allylic oxidation sites excluding steroid dienone is 5. The average molecular weight is 304 g/mol. The second kappa shape index (κ2) is 5.77. The first kappa shape index (κ1) is 15.7. The molecule has 1 atom stereocenters. The van der Waals surface area contributed by atoms with Gasteiger partial charge in [0.2, 0.25) is 0 Å². The highest BCUT2D eigenvalue weighted by molar-refractivity contribution is 6.26. The van der Waals surface area contributed by atoms with Crippen molar-refractivity contribution in [3.05, 3.63) is 64.8 Å². The monoisotopic (exact) mass is 304 g/mol. The molecule has 0 radical (unpaired) electrons. The lowest BCUT2D eigenvalue weighted by Gasteiger charge is -2.34. The summed E-state index contributed by atoms with van der Waals surface area (Å²) >= 11 is 0. The maximum atomic E-state index is 5.04. The molecule has 2 nitrogen and oxygen atoms in total. The van der Waals surface area contributed by atoms with E-state index in [1.807, 2.05) is 30.3 Å². The highest BCUT2D eigenvalue weighted by Gasteiger charge is 2.32. The number of para-hydroxylation sites is 1. The topological polar surface area (TPSA) is 24.7 Å². The minimum absolute atomic E-state index is 0.0817. The van der Waals surface area contributed by atoms with E-state index < -0.39 is 0 Å². The van der Waals surface area contributed by atoms with Crippen LogP contribution in [0.3, 0.4) is 0 Å². The smallest absolute Gasteiger partial charge is 0.0796 e. The Hall–Kier alpha value is -2.22. The van der Waals surface area contributed by atoms with Crippen LogP contribution in [-0.2, 0) is 0 Å². The number of benzene rings is 1. The van der Waals surface area contributed by atoms with Gasteiger partial charge < -0.3 is 0 Å². The van der Waals surface area contributed by atoms with E-state index >= 15 is 0 Å². The van der Waals surface area contributed by atoms with Gasteiger partial charge in [-0.15, -0.1) is 0 Å². The minimum atomic E-state index is -0.0817. The second-order valence-electron chi connectivity index (χ2n) is 6.59. The average Bonchev–Trinajstić information content (AvgIpc) is 2.55. The quantitative estimate of drug-likeness (QED) is 0.635. The fourth-order valence-corrected chi connectivity index (χ4v) is 3.14. The molecule has 118 valence electrons. The van der Waals surface area contributed by atoms with Crippen molar-refractivity contribution in [2.75, 3.05) is 0 Å². The van der Waals surface area contributed by atoms with Crippen molar-refractivity contribution in [1.82, 2.24) is 0 Å². The zero-order chi connectivity index (χ0) is 16.6. The van der Waals surface area contributed by atoms with Gasteiger partial charge in [0.15, 0.2) is 0 Å². The molecule has 23 heavy (non-hydrogen) atoms. The van der Waals surface area contributed by atoms with Gasteiger partial charge in [0.1, 0.15) is 0 Å². The predicted molar refractivity (Wildman–Crippen MR) is 99.9 cm³/mol. The number of nitrogens with zero attached hydrogens (tertiary/aromatic N) is 2. The lowest BCUT2D eigenvalue weighted by molar-refractivity contribution is 0.526. The van der Waals surface area contributed by atoms with E-state index in [0.29, 0.717) is 0 Å². The summed E-state index contributed by atoms with van der Waals surface area (Å²) in [7, 11) is 0. The van der Waals surface area contributed by atoms with Crippen LogP contribution in [0.2, 0.25) is 0 Å². The zero-order valence-corrected chi connectivity index (χ0v) is 14.6. The van der Waals surface area contributed by atoms with Crippen LogP contribution in [0.5, 0.6) is 0 Å². The van der Waals surface area contributed by atoms with E-state index in [-0.39, 0.29) is 5.54 Å². The molecule has 0 bridgehead atoms. The van der Waals surface area contributed by atoms with Crippen LogP contribution in [0, 0.1) is 0 Å². The summed E-state index contributed by atoms with van der Waals surface area (Å²) in [6.45, 7) is 11.0. The molecule has 2 heteroatoms. The number of fused-ring (bicyclic) bond motifs is 1. The van der Waals surface area contributed by atoms with Crippen molar-refractivity contribution < 1.29 is 0 Å². The first-order chi connectivity index (χ1) is 10.9. The normalized spacial score (nSPS) is 25.8. The molecule has 0 aromatic heterocycles. The molecule has 0 saturated heterocycles. The summed E-state index contributed by atoms with van der Waals surface area (Å²) in [6.07, 6.45) is 5.39. The van der Waals surface area contributed by atoms with Crippen LogP contribution in [-0.4, -0.2) is 17.0 Å². The van der Waals surface area contributed by atoms with Crippen LogP contribution in [0.1, 0.15) is 41.0 Å². The molecule has 1 aliphatic heterocycles. The summed E-state index contributed by atoms with van der Waals surface area (Å²) < 4.78 is 0. The number of hydrogen-bond donors (Lipinski definition) is 0. The van der Waals surface area contributed by atoms with Crippen molar-refractivity contribution in [3.8, 4) is 0 Å². The van der Waals surface area contributed by atoms with E-state index in [4.69, 9.17) is 9.98 Å². The van der Waals surface area contributed by atoms with Crippen LogP contribution in [0.4, 0.5) is 5.69 Å². The molecular weight excluding hydrogens is 280 g/mol. The number of hydrogen-bond acceptors (Lipinski definition) is 2. The Bertz CT molecular complexity index is 788. The highest BCUT2D eigenvalue weighted by Crippen LogP contribution is 2.37. The molecule has 0 N–H and O–H groups in total. The van der Waals surface area contributed by atoms with Gasteiger partial charge >= 0.3 is 0 Å². The van der Waals surface area contributed by atoms with Gasteiger partial charge in [-0.2, -0.15) is 0 Å². The molecule has 1 unspecified atom stereocenters. The van der Waals surface area contributed by atoms with Gasteiger partial charge in [-0.25, -0.2) is 4.99 Å². The van der Waals surface area contributed by atoms with E-state index in [1.165, 1.54) is 22.3 Å². The Morgan fingerprint density at radius 2 is 1.74 bits per heavy atom. The lowest BCUT2D eigenvalue weighted by atomic mass is 9.79. The van der Waals surface area contributed by atoms with Gasteiger partial charge in [0.25, 0.3) is 0 Å². The Labute approximate surface area is 139 Å². The number of rotatable bonds is 2. The molecule has 1 heterocycles. The number of aliphatic imine (C=N–C) groups is 2. The third-order valence-corrected chi connectivity index (χ3v) is 5.15. The maximum Gasteiger partial charge on any atom is 0.0796 e. The fourth-order valence-electron chi connectivity index (χ4n) is 3.14. The van der Waals surface area contributed by atoms with Crippen LogP contribution >= 0.6 is 0 Å². The van der Waals surface area contributed by atoms with Crippen molar-refractivity contribution in [1.29, 1.82) is 0 Å². The van der Waals surface area contributed by atoms with Crippen LogP contribution < -0.4 is 0 Å². The summed E-state index contributed by atoms with van der Waals surface area (Å²) in [5.74, 6) is 0. The van der Waals surface area contributed by atoms with Gasteiger partial charge in [0, 0.05) is 5.57 Å². The standard InChI is InChI=1S/C21H24N2/c1-6-21(5)16(4)15(3)18-13-19(14(2)12-20(18)23-21)22-17-10-8-7-9-11-17/h7-13H,6H2,1-5H3. The summed E-state index contributed by atoms with van der Waals surface area (Å²) in [6, 6.07) is 10.1. The fraction of sp³-hybridized carbons (Fsp3) is 0.333. The predicted octanol–water partition coefficient (Wildman–Crippen LogP) is 5.61. The van der Waals surface area contributed by atoms with Gasteiger partial charge in [-0.3, -0.25) is 4.99 Å². The SMILES string of the molecule is CCC1(C)N=C2C=C(C)C(=Nc3ccccc3)C=C2C(C)=C1C. The van der Waals surface area contributed by atoms with Gasteiger partial charge in [0.05, 0.1) is 22.6 Å². The Morgan fingerprint density at radius 1 is 1.04 bits per heavy atom. The van der Waals surface area contributed by atoms with Crippen molar-refractivity contribution in [2.24, 2.45) is 9.98 Å². The first-order valence-electron chi connectivity index (χ1n) is 8.27. The van der Waals surface area contributed by atoms with Crippen molar-refractivity contribution in [2.45, 2.75) is 46.6 Å². The third-order valence-electron chi connectivity index (χ3n) is 5.15. The van der Waals surface area contributed by atoms with E-state index in [0.717, 1.165) is 23.5 Å². The maximum absolute atomic E-state index is 5.04. The largest absolute Gasteiger partial charge is 0.274 e. The summed E-state index contributed by atoms with van der Waals surface area (Å²) in [5, 5.41) is 0. The highest BCUT2D eigenvalue weighted by atomic mass is 14.9. The van der Waals surface area contributed by atoms with E-state index in [9.17, 15) is 0 Å².